The molecule has 0 aromatic carbocycles. The van der Waals surface area contributed by atoms with E-state index >= 15 is 0 Å². The molecule has 0 atom stereocenters. The summed E-state index contributed by atoms with van der Waals surface area (Å²) in [6.07, 6.45) is 0. The molecule has 0 unspecified atom stereocenters. The van der Waals surface area contributed by atoms with Crippen LogP contribution in [0.4, 0.5) is 0 Å². The fraction of sp³-hybridized carbons (Fsp3) is 0.769. The Kier molecular flexibility index (Phi) is 5.50. The average molecular weight is 286 g/mol. The molecule has 7 heteroatoms. The van der Waals surface area contributed by atoms with Crippen molar-refractivity contribution < 1.29 is 23.9 Å². The van der Waals surface area contributed by atoms with E-state index in [2.05, 4.69) is 4.74 Å². The van der Waals surface area contributed by atoms with E-state index in [9.17, 15) is 14.4 Å². The summed E-state index contributed by atoms with van der Waals surface area (Å²) < 4.78 is 9.63. The SMILES string of the molecule is COC(=O)CN1CCN(C(=O)C(=O)OC(C)(C)C)CC1. The molecule has 7 nitrogen and oxygen atoms in total. The number of methoxy groups -OCH3 is 1. The Labute approximate surface area is 118 Å². The molecule has 0 bridgehead atoms. The van der Waals surface area contributed by atoms with Crippen molar-refractivity contribution in [3.8, 4) is 0 Å². The Morgan fingerprint density at radius 2 is 1.60 bits per heavy atom. The lowest BCUT2D eigenvalue weighted by molar-refractivity contribution is -0.168. The molecule has 0 aromatic rings. The van der Waals surface area contributed by atoms with Gasteiger partial charge < -0.3 is 14.4 Å². The fourth-order valence-corrected chi connectivity index (χ4v) is 1.81. The Bertz CT molecular complexity index is 381. The van der Waals surface area contributed by atoms with Crippen molar-refractivity contribution in [1.29, 1.82) is 0 Å². The third-order valence-electron chi connectivity index (χ3n) is 2.81. The van der Waals surface area contributed by atoms with E-state index in [-0.39, 0.29) is 12.5 Å². The van der Waals surface area contributed by atoms with Crippen LogP contribution in [0.2, 0.25) is 0 Å². The molecular formula is C13H22N2O5. The van der Waals surface area contributed by atoms with Crippen molar-refractivity contribution in [1.82, 2.24) is 9.80 Å². The van der Waals surface area contributed by atoms with Gasteiger partial charge in [0.05, 0.1) is 13.7 Å². The highest BCUT2D eigenvalue weighted by molar-refractivity contribution is 6.32. The van der Waals surface area contributed by atoms with E-state index in [1.165, 1.54) is 12.0 Å². The highest BCUT2D eigenvalue weighted by Crippen LogP contribution is 2.09. The standard InChI is InChI=1S/C13H22N2O5/c1-13(2,3)20-12(18)11(17)15-7-5-14(6-8-15)9-10(16)19-4/h5-9H2,1-4H3. The van der Waals surface area contributed by atoms with E-state index in [1.807, 2.05) is 4.90 Å². The van der Waals surface area contributed by atoms with Gasteiger partial charge in [0.15, 0.2) is 0 Å². The number of hydrogen-bond acceptors (Lipinski definition) is 6. The van der Waals surface area contributed by atoms with Crippen LogP contribution in [0.25, 0.3) is 0 Å². The summed E-state index contributed by atoms with van der Waals surface area (Å²) in [5.74, 6) is -1.77. The van der Waals surface area contributed by atoms with Crippen LogP contribution in [0.3, 0.4) is 0 Å². The molecule has 0 aliphatic carbocycles. The van der Waals surface area contributed by atoms with E-state index in [4.69, 9.17) is 4.74 Å². The Morgan fingerprint density at radius 1 is 1.05 bits per heavy atom. The van der Waals surface area contributed by atoms with Gasteiger partial charge in [0.1, 0.15) is 5.60 Å². The van der Waals surface area contributed by atoms with Crippen LogP contribution in [-0.2, 0) is 23.9 Å². The number of amides is 1. The highest BCUT2D eigenvalue weighted by Gasteiger charge is 2.30. The summed E-state index contributed by atoms with van der Waals surface area (Å²) in [4.78, 5) is 38.0. The Hall–Kier alpha value is -1.63. The molecule has 20 heavy (non-hydrogen) atoms. The van der Waals surface area contributed by atoms with E-state index in [0.29, 0.717) is 26.2 Å². The summed E-state index contributed by atoms with van der Waals surface area (Å²) in [5.41, 5.74) is -0.681. The Morgan fingerprint density at radius 3 is 2.05 bits per heavy atom. The molecule has 1 aliphatic rings. The van der Waals surface area contributed by atoms with Gasteiger partial charge in [-0.25, -0.2) is 4.79 Å². The van der Waals surface area contributed by atoms with Crippen molar-refractivity contribution in [2.75, 3.05) is 39.8 Å². The molecule has 1 heterocycles. The lowest BCUT2D eigenvalue weighted by atomic mass is 10.2. The zero-order valence-electron chi connectivity index (χ0n) is 12.5. The van der Waals surface area contributed by atoms with E-state index < -0.39 is 17.5 Å². The number of carbonyl (C=O) groups excluding carboxylic acids is 3. The van der Waals surface area contributed by atoms with Gasteiger partial charge in [0, 0.05) is 26.2 Å². The van der Waals surface area contributed by atoms with Crippen LogP contribution < -0.4 is 0 Å². The molecule has 0 N–H and O–H groups in total. The Balaban J connectivity index is 2.43. The van der Waals surface area contributed by atoms with Crippen LogP contribution in [0.5, 0.6) is 0 Å². The van der Waals surface area contributed by atoms with Gasteiger partial charge in [-0.15, -0.1) is 0 Å². The second-order valence-electron chi connectivity index (χ2n) is 5.65. The van der Waals surface area contributed by atoms with Crippen molar-refractivity contribution in [3.05, 3.63) is 0 Å². The van der Waals surface area contributed by atoms with Gasteiger partial charge in [0.2, 0.25) is 0 Å². The molecule has 1 saturated heterocycles. The molecule has 0 spiro atoms. The summed E-state index contributed by atoms with van der Waals surface area (Å²) >= 11 is 0. The second-order valence-corrected chi connectivity index (χ2v) is 5.65. The molecular weight excluding hydrogens is 264 g/mol. The largest absolute Gasteiger partial charge is 0.468 e. The molecule has 1 aliphatic heterocycles. The van der Waals surface area contributed by atoms with Crippen LogP contribution in [0.1, 0.15) is 20.8 Å². The molecule has 1 fully saturated rings. The number of carbonyl (C=O) groups is 3. The van der Waals surface area contributed by atoms with Gasteiger partial charge in [-0.05, 0) is 20.8 Å². The third-order valence-corrected chi connectivity index (χ3v) is 2.81. The minimum absolute atomic E-state index is 0.199. The van der Waals surface area contributed by atoms with Gasteiger partial charge in [0.25, 0.3) is 0 Å². The number of ether oxygens (including phenoxy) is 2. The van der Waals surface area contributed by atoms with E-state index in [1.54, 1.807) is 20.8 Å². The predicted octanol–water partition coefficient (Wildman–Crippen LogP) is -0.355. The molecule has 0 aromatic heterocycles. The first kappa shape index (κ1) is 16.4. The van der Waals surface area contributed by atoms with Gasteiger partial charge in [-0.2, -0.15) is 0 Å². The van der Waals surface area contributed by atoms with Crippen molar-refractivity contribution >= 4 is 17.8 Å². The first-order valence-corrected chi connectivity index (χ1v) is 6.54. The van der Waals surface area contributed by atoms with Crippen molar-refractivity contribution in [2.24, 2.45) is 0 Å². The monoisotopic (exact) mass is 286 g/mol. The van der Waals surface area contributed by atoms with Crippen LogP contribution in [0.15, 0.2) is 0 Å². The first-order valence-electron chi connectivity index (χ1n) is 6.54. The molecule has 1 rings (SSSR count). The molecule has 1 amide bonds. The summed E-state index contributed by atoms with van der Waals surface area (Å²) in [6, 6.07) is 0. The maximum atomic E-state index is 11.9. The lowest BCUT2D eigenvalue weighted by Gasteiger charge is -2.33. The summed E-state index contributed by atoms with van der Waals surface area (Å²) in [5, 5.41) is 0. The van der Waals surface area contributed by atoms with Gasteiger partial charge in [-0.3, -0.25) is 14.5 Å². The fourth-order valence-electron chi connectivity index (χ4n) is 1.81. The number of esters is 2. The number of nitrogens with zero attached hydrogens (tertiary/aromatic N) is 2. The van der Waals surface area contributed by atoms with Crippen LogP contribution in [0, 0.1) is 0 Å². The molecule has 114 valence electrons. The predicted molar refractivity (Wildman–Crippen MR) is 70.9 cm³/mol. The topological polar surface area (TPSA) is 76.2 Å². The maximum Gasteiger partial charge on any atom is 0.397 e. The number of rotatable bonds is 2. The number of hydrogen-bond donors (Lipinski definition) is 0. The van der Waals surface area contributed by atoms with Crippen LogP contribution in [-0.4, -0.2) is 73.1 Å². The third kappa shape index (κ3) is 5.16. The van der Waals surface area contributed by atoms with Crippen molar-refractivity contribution in [3.63, 3.8) is 0 Å². The summed E-state index contributed by atoms with van der Waals surface area (Å²) in [7, 11) is 1.34. The van der Waals surface area contributed by atoms with E-state index in [0.717, 1.165) is 0 Å². The normalized spacial score (nSPS) is 16.7. The second kappa shape index (κ2) is 6.69. The first-order chi connectivity index (χ1) is 9.23. The zero-order valence-corrected chi connectivity index (χ0v) is 12.5. The van der Waals surface area contributed by atoms with Crippen LogP contribution >= 0.6 is 0 Å². The minimum Gasteiger partial charge on any atom is -0.468 e. The summed E-state index contributed by atoms with van der Waals surface area (Å²) in [6.45, 7) is 7.20. The lowest BCUT2D eigenvalue weighted by Crippen LogP contribution is -2.52. The average Bonchev–Trinajstić information content (AvgIpc) is 2.36. The quantitative estimate of drug-likeness (QED) is 0.510. The van der Waals surface area contributed by atoms with Gasteiger partial charge >= 0.3 is 17.8 Å². The molecule has 0 radical (unpaired) electrons. The maximum absolute atomic E-state index is 11.9. The highest BCUT2D eigenvalue weighted by atomic mass is 16.6. The number of piperazine rings is 1. The molecule has 0 saturated carbocycles. The zero-order chi connectivity index (χ0) is 15.3. The minimum atomic E-state index is -0.834. The smallest absolute Gasteiger partial charge is 0.397 e. The van der Waals surface area contributed by atoms with Gasteiger partial charge in [-0.1, -0.05) is 0 Å². The van der Waals surface area contributed by atoms with Crippen molar-refractivity contribution in [2.45, 2.75) is 26.4 Å².